The van der Waals surface area contributed by atoms with Crippen LogP contribution in [0.4, 0.5) is 11.6 Å². The number of hydrogen-bond donors (Lipinski definition) is 1. The van der Waals surface area contributed by atoms with Crippen molar-refractivity contribution < 1.29 is 4.74 Å². The average molecular weight is 276 g/mol. The normalized spacial score (nSPS) is 23.5. The first-order valence-corrected chi connectivity index (χ1v) is 7.75. The highest BCUT2D eigenvalue weighted by Crippen LogP contribution is 2.39. The van der Waals surface area contributed by atoms with Gasteiger partial charge in [-0.2, -0.15) is 0 Å². The first kappa shape index (κ1) is 13.6. The van der Waals surface area contributed by atoms with E-state index in [0.717, 1.165) is 50.1 Å². The van der Waals surface area contributed by atoms with E-state index in [-0.39, 0.29) is 6.10 Å². The molecule has 110 valence electrons. The molecule has 0 radical (unpaired) electrons. The smallest absolute Gasteiger partial charge is 0.136 e. The van der Waals surface area contributed by atoms with Crippen LogP contribution in [0.5, 0.6) is 0 Å². The Morgan fingerprint density at radius 3 is 3.00 bits per heavy atom. The van der Waals surface area contributed by atoms with E-state index in [0.29, 0.717) is 5.92 Å². The largest absolute Gasteiger partial charge is 0.377 e. The Kier molecular flexibility index (Phi) is 4.05. The van der Waals surface area contributed by atoms with Gasteiger partial charge in [-0.3, -0.25) is 0 Å². The summed E-state index contributed by atoms with van der Waals surface area (Å²) < 4.78 is 5.72. The summed E-state index contributed by atoms with van der Waals surface area (Å²) in [5.74, 6) is 3.59. The van der Waals surface area contributed by atoms with Gasteiger partial charge in [0.25, 0.3) is 0 Å². The topological polar surface area (TPSA) is 50.3 Å². The molecule has 2 aliphatic rings. The summed E-state index contributed by atoms with van der Waals surface area (Å²) in [7, 11) is 0. The monoisotopic (exact) mass is 276 g/mol. The zero-order valence-corrected chi connectivity index (χ0v) is 12.4. The van der Waals surface area contributed by atoms with Crippen LogP contribution < -0.4 is 10.2 Å². The van der Waals surface area contributed by atoms with Gasteiger partial charge < -0.3 is 15.0 Å². The summed E-state index contributed by atoms with van der Waals surface area (Å²) in [4.78, 5) is 11.8. The minimum Gasteiger partial charge on any atom is -0.377 e. The molecule has 1 aliphatic carbocycles. The molecule has 5 heteroatoms. The van der Waals surface area contributed by atoms with Crippen LogP contribution in [-0.2, 0) is 4.74 Å². The van der Waals surface area contributed by atoms with Crippen molar-refractivity contribution in [1.82, 2.24) is 9.97 Å². The molecule has 1 aromatic rings. The zero-order chi connectivity index (χ0) is 13.9. The van der Waals surface area contributed by atoms with E-state index in [2.05, 4.69) is 35.1 Å². The van der Waals surface area contributed by atoms with E-state index in [1.165, 1.54) is 12.8 Å². The third kappa shape index (κ3) is 3.20. The van der Waals surface area contributed by atoms with E-state index in [4.69, 9.17) is 9.72 Å². The molecule has 1 aromatic heterocycles. The molecule has 5 nitrogen and oxygen atoms in total. The van der Waals surface area contributed by atoms with Crippen LogP contribution in [0.15, 0.2) is 6.07 Å². The van der Waals surface area contributed by atoms with Crippen LogP contribution in [0.1, 0.15) is 44.9 Å². The minimum atomic E-state index is 0.263. The molecular formula is C15H24N4O. The highest BCUT2D eigenvalue weighted by atomic mass is 16.5. The molecule has 1 saturated carbocycles. The zero-order valence-electron chi connectivity index (χ0n) is 12.4. The Morgan fingerprint density at radius 1 is 1.40 bits per heavy atom. The summed E-state index contributed by atoms with van der Waals surface area (Å²) >= 11 is 0. The molecule has 3 rings (SSSR count). The van der Waals surface area contributed by atoms with Crippen LogP contribution in [0.2, 0.25) is 0 Å². The second-order valence-electron chi connectivity index (χ2n) is 5.76. The number of nitrogens with zero attached hydrogens (tertiary/aromatic N) is 3. The fourth-order valence-electron chi connectivity index (χ4n) is 2.61. The summed E-state index contributed by atoms with van der Waals surface area (Å²) in [6.07, 6.45) is 3.78. The molecule has 2 heterocycles. The Hall–Kier alpha value is -1.36. The van der Waals surface area contributed by atoms with E-state index in [1.54, 1.807) is 0 Å². The van der Waals surface area contributed by atoms with Crippen molar-refractivity contribution >= 4 is 11.6 Å². The van der Waals surface area contributed by atoms with Crippen LogP contribution in [0.25, 0.3) is 0 Å². The van der Waals surface area contributed by atoms with E-state index >= 15 is 0 Å². The predicted molar refractivity (Wildman–Crippen MR) is 80.4 cm³/mol. The number of nitrogens with one attached hydrogen (secondary N) is 1. The van der Waals surface area contributed by atoms with Crippen molar-refractivity contribution in [2.75, 3.05) is 36.5 Å². The maximum absolute atomic E-state index is 5.72. The Labute approximate surface area is 120 Å². The lowest BCUT2D eigenvalue weighted by molar-refractivity contribution is 0.0820. The van der Waals surface area contributed by atoms with Crippen LogP contribution >= 0.6 is 0 Å². The van der Waals surface area contributed by atoms with Gasteiger partial charge in [-0.25, -0.2) is 9.97 Å². The van der Waals surface area contributed by atoms with Crippen LogP contribution in [-0.4, -0.2) is 42.3 Å². The van der Waals surface area contributed by atoms with Crippen molar-refractivity contribution in [3.05, 3.63) is 11.9 Å². The number of hydrogen-bond acceptors (Lipinski definition) is 5. The van der Waals surface area contributed by atoms with Crippen molar-refractivity contribution in [3.63, 3.8) is 0 Å². The molecule has 1 unspecified atom stereocenters. The molecule has 20 heavy (non-hydrogen) atoms. The van der Waals surface area contributed by atoms with Gasteiger partial charge in [-0.05, 0) is 33.1 Å². The van der Waals surface area contributed by atoms with Gasteiger partial charge in [0.1, 0.15) is 17.5 Å². The highest BCUT2D eigenvalue weighted by molar-refractivity contribution is 5.50. The third-order valence-corrected chi connectivity index (χ3v) is 3.81. The minimum absolute atomic E-state index is 0.263. The molecule has 0 bridgehead atoms. The van der Waals surface area contributed by atoms with Gasteiger partial charge in [-0.15, -0.1) is 0 Å². The number of anilines is 2. The summed E-state index contributed by atoms with van der Waals surface area (Å²) in [5.41, 5.74) is 0. The van der Waals surface area contributed by atoms with Gasteiger partial charge in [-0.1, -0.05) is 0 Å². The molecule has 0 aromatic carbocycles. The van der Waals surface area contributed by atoms with Gasteiger partial charge in [0.15, 0.2) is 0 Å². The Morgan fingerprint density at radius 2 is 2.25 bits per heavy atom. The van der Waals surface area contributed by atoms with Gasteiger partial charge in [0.05, 0.1) is 6.10 Å². The summed E-state index contributed by atoms with van der Waals surface area (Å²) in [6, 6.07) is 2.08. The lowest BCUT2D eigenvalue weighted by atomic mass is 10.3. The fourth-order valence-corrected chi connectivity index (χ4v) is 2.61. The Balaban J connectivity index is 1.86. The average Bonchev–Trinajstić information content (AvgIpc) is 3.26. The Bertz CT molecular complexity index is 461. The molecule has 1 aliphatic heterocycles. The lowest BCUT2D eigenvalue weighted by Crippen LogP contribution is -2.31. The number of ether oxygens (including phenoxy) is 1. The van der Waals surface area contributed by atoms with Gasteiger partial charge >= 0.3 is 0 Å². The second kappa shape index (κ2) is 5.95. The van der Waals surface area contributed by atoms with Crippen molar-refractivity contribution in [2.24, 2.45) is 0 Å². The fraction of sp³-hybridized carbons (Fsp3) is 0.733. The highest BCUT2D eigenvalue weighted by Gasteiger charge is 2.28. The lowest BCUT2D eigenvalue weighted by Gasteiger charge is -2.24. The molecular weight excluding hydrogens is 252 g/mol. The molecule has 0 spiro atoms. The van der Waals surface area contributed by atoms with E-state index in [1.807, 2.05) is 0 Å². The molecule has 2 fully saturated rings. The van der Waals surface area contributed by atoms with Crippen LogP contribution in [0, 0.1) is 0 Å². The van der Waals surface area contributed by atoms with Crippen molar-refractivity contribution in [1.29, 1.82) is 0 Å². The van der Waals surface area contributed by atoms with Crippen molar-refractivity contribution in [3.8, 4) is 0 Å². The second-order valence-corrected chi connectivity index (χ2v) is 5.76. The number of aromatic nitrogens is 2. The van der Waals surface area contributed by atoms with Crippen molar-refractivity contribution in [2.45, 2.75) is 45.1 Å². The molecule has 1 atom stereocenters. The SMILES string of the molecule is CCNc1cc(N2CCCOC(C)C2)nc(C2CC2)n1. The van der Waals surface area contributed by atoms with E-state index in [9.17, 15) is 0 Å². The first-order chi connectivity index (χ1) is 9.76. The maximum atomic E-state index is 5.72. The quantitative estimate of drug-likeness (QED) is 0.915. The molecule has 0 amide bonds. The predicted octanol–water partition coefficient (Wildman–Crippen LogP) is 2.40. The molecule has 1 saturated heterocycles. The first-order valence-electron chi connectivity index (χ1n) is 7.75. The van der Waals surface area contributed by atoms with Gasteiger partial charge in [0, 0.05) is 38.2 Å². The van der Waals surface area contributed by atoms with Crippen LogP contribution in [0.3, 0.4) is 0 Å². The summed E-state index contributed by atoms with van der Waals surface area (Å²) in [5, 5.41) is 3.33. The standard InChI is InChI=1S/C15H24N4O/c1-3-16-13-9-14(18-15(17-13)12-5-6-12)19-7-4-8-20-11(2)10-19/h9,11-12H,3-8,10H2,1-2H3,(H,16,17,18). The summed E-state index contributed by atoms with van der Waals surface area (Å²) in [6.45, 7) is 7.88. The number of rotatable bonds is 4. The van der Waals surface area contributed by atoms with E-state index < -0.39 is 0 Å². The van der Waals surface area contributed by atoms with Gasteiger partial charge in [0.2, 0.25) is 0 Å². The third-order valence-electron chi connectivity index (χ3n) is 3.81. The molecule has 1 N–H and O–H groups in total. The maximum Gasteiger partial charge on any atom is 0.136 e.